The molecule has 3 aromatic rings. The first-order valence-corrected chi connectivity index (χ1v) is 10.3. The first kappa shape index (κ1) is 22.8. The molecule has 0 bridgehead atoms. The highest BCUT2D eigenvalue weighted by atomic mass is 32.1. The molecule has 0 saturated carbocycles. The molecule has 0 spiro atoms. The summed E-state index contributed by atoms with van der Waals surface area (Å²) < 4.78 is 5.38. The van der Waals surface area contributed by atoms with Gasteiger partial charge in [-0.25, -0.2) is 4.79 Å². The van der Waals surface area contributed by atoms with Crippen molar-refractivity contribution in [2.24, 2.45) is 10.2 Å². The summed E-state index contributed by atoms with van der Waals surface area (Å²) in [7, 11) is 0. The van der Waals surface area contributed by atoms with Crippen LogP contribution >= 0.6 is 12.2 Å². The molecule has 0 fully saturated rings. The fourth-order valence-electron chi connectivity index (χ4n) is 3.02. The van der Waals surface area contributed by atoms with Gasteiger partial charge in [0, 0.05) is 30.4 Å². The first-order valence-electron chi connectivity index (χ1n) is 9.89. The Hall–Kier alpha value is -3.92. The van der Waals surface area contributed by atoms with E-state index in [2.05, 4.69) is 26.0 Å². The second-order valence-electron chi connectivity index (χ2n) is 6.63. The second kappa shape index (κ2) is 10.4. The van der Waals surface area contributed by atoms with E-state index in [1.165, 1.54) is 12.3 Å². The third kappa shape index (κ3) is 5.22. The van der Waals surface area contributed by atoms with E-state index >= 15 is 0 Å². The van der Waals surface area contributed by atoms with E-state index < -0.39 is 5.63 Å². The maximum atomic E-state index is 12.4. The summed E-state index contributed by atoms with van der Waals surface area (Å²) in [5, 5.41) is 28.4. The average molecular weight is 454 g/mol. The van der Waals surface area contributed by atoms with Gasteiger partial charge in [0.15, 0.2) is 0 Å². The number of hydrogen-bond donors (Lipinski definition) is 4. The van der Waals surface area contributed by atoms with Gasteiger partial charge < -0.3 is 19.5 Å². The van der Waals surface area contributed by atoms with Gasteiger partial charge in [0.2, 0.25) is 5.11 Å². The predicted molar refractivity (Wildman–Crippen MR) is 130 cm³/mol. The fourth-order valence-corrected chi connectivity index (χ4v) is 3.13. The van der Waals surface area contributed by atoms with Crippen molar-refractivity contribution in [1.29, 1.82) is 0 Å². The van der Waals surface area contributed by atoms with Gasteiger partial charge >= 0.3 is 5.63 Å². The number of thiocarbonyl (C=S) groups is 1. The van der Waals surface area contributed by atoms with E-state index in [1.54, 1.807) is 30.3 Å². The number of fused-ring (bicyclic) bond motifs is 1. The minimum absolute atomic E-state index is 0.0430. The first-order chi connectivity index (χ1) is 15.4. The number of phenolic OH excluding ortho intramolecular Hbond substituents is 1. The summed E-state index contributed by atoms with van der Waals surface area (Å²) in [5.41, 5.74) is 5.87. The zero-order valence-corrected chi connectivity index (χ0v) is 18.4. The van der Waals surface area contributed by atoms with E-state index in [1.807, 2.05) is 19.9 Å². The van der Waals surface area contributed by atoms with Crippen molar-refractivity contribution in [2.75, 3.05) is 18.0 Å². The number of benzene rings is 2. The molecule has 0 unspecified atom stereocenters. The molecule has 32 heavy (non-hydrogen) atoms. The minimum Gasteiger partial charge on any atom is -0.507 e. The highest BCUT2D eigenvalue weighted by Crippen LogP contribution is 2.29. The van der Waals surface area contributed by atoms with E-state index in [-0.39, 0.29) is 27.8 Å². The van der Waals surface area contributed by atoms with Crippen LogP contribution in [0.5, 0.6) is 11.5 Å². The molecule has 0 atom stereocenters. The summed E-state index contributed by atoms with van der Waals surface area (Å²) in [4.78, 5) is 14.5. The highest BCUT2D eigenvalue weighted by molar-refractivity contribution is 7.80. The van der Waals surface area contributed by atoms with Gasteiger partial charge in [-0.2, -0.15) is 10.2 Å². The van der Waals surface area contributed by atoms with Gasteiger partial charge in [-0.15, -0.1) is 0 Å². The number of phenols is 1. The lowest BCUT2D eigenvalue weighted by atomic mass is 10.1. The van der Waals surface area contributed by atoms with E-state index in [9.17, 15) is 15.0 Å². The summed E-state index contributed by atoms with van der Waals surface area (Å²) >= 11 is 5.04. The van der Waals surface area contributed by atoms with Gasteiger partial charge in [0.1, 0.15) is 22.6 Å². The lowest BCUT2D eigenvalue weighted by molar-refractivity contribution is 0.466. The van der Waals surface area contributed by atoms with Crippen LogP contribution in [0.2, 0.25) is 0 Å². The number of nitrogens with one attached hydrogen (secondary N) is 2. The van der Waals surface area contributed by atoms with Crippen molar-refractivity contribution in [2.45, 2.75) is 13.8 Å². The maximum absolute atomic E-state index is 12.4. The Kier molecular flexibility index (Phi) is 7.40. The Bertz CT molecular complexity index is 1230. The van der Waals surface area contributed by atoms with Crippen LogP contribution in [0.4, 0.5) is 5.69 Å². The van der Waals surface area contributed by atoms with E-state index in [4.69, 9.17) is 16.6 Å². The molecule has 0 aliphatic rings. The molecule has 0 aliphatic carbocycles. The number of rotatable bonds is 7. The van der Waals surface area contributed by atoms with Crippen LogP contribution in [0.1, 0.15) is 25.0 Å². The van der Waals surface area contributed by atoms with Gasteiger partial charge in [0.05, 0.1) is 17.8 Å². The van der Waals surface area contributed by atoms with Crippen LogP contribution in [-0.4, -0.2) is 40.8 Å². The van der Waals surface area contributed by atoms with Gasteiger partial charge in [-0.3, -0.25) is 10.9 Å². The number of hydrogen-bond acceptors (Lipinski definition) is 8. The van der Waals surface area contributed by atoms with Crippen molar-refractivity contribution in [1.82, 2.24) is 10.9 Å². The molecule has 4 N–H and O–H groups in total. The number of aromatic hydroxyl groups is 2. The Morgan fingerprint density at radius 1 is 1.09 bits per heavy atom. The van der Waals surface area contributed by atoms with Gasteiger partial charge in [0.25, 0.3) is 0 Å². The van der Waals surface area contributed by atoms with Crippen LogP contribution in [-0.2, 0) is 0 Å². The lowest BCUT2D eigenvalue weighted by Gasteiger charge is -2.21. The molecular formula is C22H23N5O4S. The number of nitrogens with zero attached hydrogens (tertiary/aromatic N) is 3. The smallest absolute Gasteiger partial charge is 0.349 e. The maximum Gasteiger partial charge on any atom is 0.349 e. The number of para-hydroxylation sites is 1. The SMILES string of the molecule is CCN(CC)c1ccc2c(O)c(C=NNC(=S)NN=Cc3ccccc3O)c(=O)oc2c1. The Morgan fingerprint density at radius 2 is 1.78 bits per heavy atom. The molecule has 1 aromatic heterocycles. The number of anilines is 1. The Morgan fingerprint density at radius 3 is 2.47 bits per heavy atom. The van der Waals surface area contributed by atoms with Crippen LogP contribution in [0.15, 0.2) is 61.9 Å². The van der Waals surface area contributed by atoms with E-state index in [0.717, 1.165) is 25.0 Å². The highest BCUT2D eigenvalue weighted by Gasteiger charge is 2.14. The van der Waals surface area contributed by atoms with Crippen molar-refractivity contribution in [3.63, 3.8) is 0 Å². The standard InChI is InChI=1S/C22H23N5O4S/c1-3-27(4-2)15-9-10-16-19(11-15)31-21(30)17(20(16)29)13-24-26-22(32)25-23-12-14-7-5-6-8-18(14)28/h5-13,28-29H,3-4H2,1-2H3,(H2,25,26,32). The van der Waals surface area contributed by atoms with Crippen LogP contribution < -0.4 is 21.4 Å². The lowest BCUT2D eigenvalue weighted by Crippen LogP contribution is -2.28. The third-order valence-corrected chi connectivity index (χ3v) is 4.88. The van der Waals surface area contributed by atoms with Crippen LogP contribution in [0.25, 0.3) is 11.0 Å². The van der Waals surface area contributed by atoms with Crippen LogP contribution in [0.3, 0.4) is 0 Å². The Labute approximate surface area is 189 Å². The molecule has 0 amide bonds. The summed E-state index contributed by atoms with van der Waals surface area (Å²) in [5.74, 6) is -0.151. The molecule has 0 aliphatic heterocycles. The van der Waals surface area contributed by atoms with Gasteiger partial charge in [-0.05, 0) is 50.3 Å². The molecule has 1 heterocycles. The molecule has 2 aromatic carbocycles. The second-order valence-corrected chi connectivity index (χ2v) is 7.04. The molecule has 3 rings (SSSR count). The van der Waals surface area contributed by atoms with Crippen molar-refractivity contribution < 1.29 is 14.6 Å². The molecule has 0 radical (unpaired) electrons. The normalized spacial score (nSPS) is 11.3. The molecular weight excluding hydrogens is 430 g/mol. The van der Waals surface area contributed by atoms with Crippen molar-refractivity contribution in [3.8, 4) is 11.5 Å². The van der Waals surface area contributed by atoms with Crippen molar-refractivity contribution in [3.05, 3.63) is 64.0 Å². The summed E-state index contributed by atoms with van der Waals surface area (Å²) in [6, 6.07) is 12.0. The van der Waals surface area contributed by atoms with Crippen LogP contribution in [0, 0.1) is 0 Å². The topological polar surface area (TPSA) is 123 Å². The summed E-state index contributed by atoms with van der Waals surface area (Å²) in [6.45, 7) is 5.67. The molecule has 10 heteroatoms. The molecule has 9 nitrogen and oxygen atoms in total. The molecule has 0 saturated heterocycles. The van der Waals surface area contributed by atoms with Crippen molar-refractivity contribution >= 4 is 46.4 Å². The van der Waals surface area contributed by atoms with E-state index in [0.29, 0.717) is 10.9 Å². The largest absolute Gasteiger partial charge is 0.507 e. The third-order valence-electron chi connectivity index (χ3n) is 4.69. The zero-order valence-electron chi connectivity index (χ0n) is 17.6. The fraction of sp³-hybridized carbons (Fsp3) is 0.182. The average Bonchev–Trinajstić information content (AvgIpc) is 2.78. The number of hydrazone groups is 2. The minimum atomic E-state index is -0.728. The predicted octanol–water partition coefficient (Wildman–Crippen LogP) is 2.88. The van der Waals surface area contributed by atoms with Gasteiger partial charge in [-0.1, -0.05) is 12.1 Å². The zero-order chi connectivity index (χ0) is 23.1. The molecule has 166 valence electrons. The monoisotopic (exact) mass is 453 g/mol. The Balaban J connectivity index is 1.71. The quantitative estimate of drug-likeness (QED) is 0.186. The summed E-state index contributed by atoms with van der Waals surface area (Å²) in [6.07, 6.45) is 2.52.